The molecule has 1 aliphatic heterocycles. The Bertz CT molecular complexity index is 124. The summed E-state index contributed by atoms with van der Waals surface area (Å²) in [5.74, 6) is 0.883. The molecule has 0 aromatic rings. The van der Waals surface area contributed by atoms with Crippen LogP contribution in [0.2, 0.25) is 0 Å². The first-order valence-corrected chi connectivity index (χ1v) is 5.96. The van der Waals surface area contributed by atoms with Gasteiger partial charge in [-0.25, -0.2) is 0 Å². The van der Waals surface area contributed by atoms with Crippen LogP contribution < -0.4 is 10.6 Å². The Balaban J connectivity index is 1.82. The summed E-state index contributed by atoms with van der Waals surface area (Å²) in [5, 5.41) is 15.5. The van der Waals surface area contributed by atoms with Crippen LogP contribution in [0.3, 0.4) is 0 Å². The molecule has 3 nitrogen and oxygen atoms in total. The number of rotatable bonds is 7. The SMILES string of the molecule is OCCCCCNCC1CCNCC1. The van der Waals surface area contributed by atoms with Crippen LogP contribution in [0.5, 0.6) is 0 Å². The molecule has 0 unspecified atom stereocenters. The fourth-order valence-electron chi connectivity index (χ4n) is 1.93. The van der Waals surface area contributed by atoms with E-state index in [-0.39, 0.29) is 0 Å². The Morgan fingerprint density at radius 2 is 1.93 bits per heavy atom. The van der Waals surface area contributed by atoms with Crippen LogP contribution in [0.15, 0.2) is 0 Å². The molecule has 0 aromatic carbocycles. The Kier molecular flexibility index (Phi) is 7.01. The highest BCUT2D eigenvalue weighted by molar-refractivity contribution is 4.70. The lowest BCUT2D eigenvalue weighted by Gasteiger charge is -2.22. The molecule has 0 aliphatic carbocycles. The zero-order chi connectivity index (χ0) is 10.1. The lowest BCUT2D eigenvalue weighted by Crippen LogP contribution is -2.33. The van der Waals surface area contributed by atoms with Gasteiger partial charge in [0.15, 0.2) is 0 Å². The Morgan fingerprint density at radius 1 is 1.14 bits per heavy atom. The van der Waals surface area contributed by atoms with Crippen molar-refractivity contribution in [1.82, 2.24) is 10.6 Å². The van der Waals surface area contributed by atoms with Crippen LogP contribution in [0.25, 0.3) is 0 Å². The van der Waals surface area contributed by atoms with Crippen molar-refractivity contribution in [3.05, 3.63) is 0 Å². The normalized spacial score (nSPS) is 18.6. The van der Waals surface area contributed by atoms with Crippen LogP contribution >= 0.6 is 0 Å². The first kappa shape index (κ1) is 12.0. The molecule has 0 amide bonds. The van der Waals surface area contributed by atoms with Crippen molar-refractivity contribution in [2.75, 3.05) is 32.8 Å². The van der Waals surface area contributed by atoms with E-state index in [0.29, 0.717) is 6.61 Å². The molecule has 0 aromatic heterocycles. The van der Waals surface area contributed by atoms with Gasteiger partial charge in [-0.15, -0.1) is 0 Å². The van der Waals surface area contributed by atoms with Crippen LogP contribution in [0.1, 0.15) is 32.1 Å². The van der Waals surface area contributed by atoms with E-state index in [1.165, 1.54) is 38.9 Å². The van der Waals surface area contributed by atoms with Crippen molar-refractivity contribution in [2.45, 2.75) is 32.1 Å². The Labute approximate surface area is 87.3 Å². The smallest absolute Gasteiger partial charge is 0.0431 e. The lowest BCUT2D eigenvalue weighted by atomic mass is 9.98. The number of nitrogens with one attached hydrogen (secondary N) is 2. The topological polar surface area (TPSA) is 44.3 Å². The molecule has 1 rings (SSSR count). The standard InChI is InChI=1S/C11H24N2O/c14-9-3-1-2-6-13-10-11-4-7-12-8-5-11/h11-14H,1-10H2. The third kappa shape index (κ3) is 5.58. The maximum absolute atomic E-state index is 8.60. The van der Waals surface area contributed by atoms with E-state index in [1.54, 1.807) is 0 Å². The monoisotopic (exact) mass is 200 g/mol. The molecule has 0 spiro atoms. The number of hydrogen-bond donors (Lipinski definition) is 3. The van der Waals surface area contributed by atoms with Gasteiger partial charge in [-0.05, 0) is 64.2 Å². The Hall–Kier alpha value is -0.120. The summed E-state index contributed by atoms with van der Waals surface area (Å²) in [4.78, 5) is 0. The van der Waals surface area contributed by atoms with Gasteiger partial charge in [0.25, 0.3) is 0 Å². The third-order valence-corrected chi connectivity index (χ3v) is 2.90. The third-order valence-electron chi connectivity index (χ3n) is 2.90. The molecule has 1 fully saturated rings. The summed E-state index contributed by atoms with van der Waals surface area (Å²) in [6.45, 7) is 5.02. The summed E-state index contributed by atoms with van der Waals surface area (Å²) >= 11 is 0. The molecule has 14 heavy (non-hydrogen) atoms. The van der Waals surface area contributed by atoms with Crippen molar-refractivity contribution in [2.24, 2.45) is 5.92 Å². The number of aliphatic hydroxyl groups is 1. The number of unbranched alkanes of at least 4 members (excludes halogenated alkanes) is 2. The highest BCUT2D eigenvalue weighted by Crippen LogP contribution is 2.09. The second kappa shape index (κ2) is 8.21. The predicted molar refractivity (Wildman–Crippen MR) is 59.4 cm³/mol. The van der Waals surface area contributed by atoms with Crippen LogP contribution in [0.4, 0.5) is 0 Å². The molecule has 1 aliphatic rings. The maximum Gasteiger partial charge on any atom is 0.0431 e. The van der Waals surface area contributed by atoms with Gasteiger partial charge in [0.2, 0.25) is 0 Å². The molecule has 3 heteroatoms. The lowest BCUT2D eigenvalue weighted by molar-refractivity contribution is 0.282. The molecular weight excluding hydrogens is 176 g/mol. The predicted octanol–water partition coefficient (Wildman–Crippen LogP) is 0.738. The average Bonchev–Trinajstić information content (AvgIpc) is 2.25. The van der Waals surface area contributed by atoms with Gasteiger partial charge in [-0.2, -0.15) is 0 Å². The average molecular weight is 200 g/mol. The number of aliphatic hydroxyl groups excluding tert-OH is 1. The highest BCUT2D eigenvalue weighted by atomic mass is 16.2. The summed E-state index contributed by atoms with van der Waals surface area (Å²) in [6, 6.07) is 0. The van der Waals surface area contributed by atoms with Crippen molar-refractivity contribution in [3.63, 3.8) is 0 Å². The zero-order valence-electron chi connectivity index (χ0n) is 9.10. The van der Waals surface area contributed by atoms with E-state index in [0.717, 1.165) is 25.3 Å². The molecule has 84 valence electrons. The van der Waals surface area contributed by atoms with E-state index in [9.17, 15) is 0 Å². The second-order valence-corrected chi connectivity index (χ2v) is 4.18. The molecule has 1 saturated heterocycles. The number of piperidine rings is 1. The largest absolute Gasteiger partial charge is 0.396 e. The summed E-state index contributed by atoms with van der Waals surface area (Å²) in [6.07, 6.45) is 5.95. The summed E-state index contributed by atoms with van der Waals surface area (Å²) in [7, 11) is 0. The maximum atomic E-state index is 8.60. The fraction of sp³-hybridized carbons (Fsp3) is 1.00. The van der Waals surface area contributed by atoms with Crippen molar-refractivity contribution in [1.29, 1.82) is 0 Å². The molecule has 0 saturated carbocycles. The molecular formula is C11H24N2O. The van der Waals surface area contributed by atoms with Crippen LogP contribution in [0, 0.1) is 5.92 Å². The minimum atomic E-state index is 0.342. The summed E-state index contributed by atoms with van der Waals surface area (Å²) < 4.78 is 0. The van der Waals surface area contributed by atoms with E-state index in [4.69, 9.17) is 5.11 Å². The van der Waals surface area contributed by atoms with Gasteiger partial charge in [0, 0.05) is 6.61 Å². The highest BCUT2D eigenvalue weighted by Gasteiger charge is 2.11. The van der Waals surface area contributed by atoms with Crippen molar-refractivity contribution < 1.29 is 5.11 Å². The fourth-order valence-corrected chi connectivity index (χ4v) is 1.93. The molecule has 1 heterocycles. The molecule has 3 N–H and O–H groups in total. The van der Waals surface area contributed by atoms with E-state index < -0.39 is 0 Å². The molecule has 0 radical (unpaired) electrons. The molecule has 0 atom stereocenters. The van der Waals surface area contributed by atoms with Gasteiger partial charge < -0.3 is 15.7 Å². The minimum absolute atomic E-state index is 0.342. The Morgan fingerprint density at radius 3 is 2.64 bits per heavy atom. The first-order chi connectivity index (χ1) is 6.93. The first-order valence-electron chi connectivity index (χ1n) is 5.96. The zero-order valence-corrected chi connectivity index (χ0v) is 9.10. The van der Waals surface area contributed by atoms with Gasteiger partial charge >= 0.3 is 0 Å². The van der Waals surface area contributed by atoms with Gasteiger partial charge in [-0.1, -0.05) is 0 Å². The van der Waals surface area contributed by atoms with Crippen molar-refractivity contribution in [3.8, 4) is 0 Å². The van der Waals surface area contributed by atoms with E-state index >= 15 is 0 Å². The van der Waals surface area contributed by atoms with Gasteiger partial charge in [0.05, 0.1) is 0 Å². The van der Waals surface area contributed by atoms with E-state index in [2.05, 4.69) is 10.6 Å². The van der Waals surface area contributed by atoms with Crippen LogP contribution in [-0.2, 0) is 0 Å². The minimum Gasteiger partial charge on any atom is -0.396 e. The number of hydrogen-bond acceptors (Lipinski definition) is 3. The van der Waals surface area contributed by atoms with Gasteiger partial charge in [0.1, 0.15) is 0 Å². The van der Waals surface area contributed by atoms with Gasteiger partial charge in [-0.3, -0.25) is 0 Å². The quantitative estimate of drug-likeness (QED) is 0.531. The molecule has 0 bridgehead atoms. The van der Waals surface area contributed by atoms with Crippen LogP contribution in [-0.4, -0.2) is 37.9 Å². The van der Waals surface area contributed by atoms with Crippen molar-refractivity contribution >= 4 is 0 Å². The second-order valence-electron chi connectivity index (χ2n) is 4.18. The van der Waals surface area contributed by atoms with E-state index in [1.807, 2.05) is 0 Å². The summed E-state index contributed by atoms with van der Waals surface area (Å²) in [5.41, 5.74) is 0.